The second-order valence-corrected chi connectivity index (χ2v) is 9.66. The van der Waals surface area contributed by atoms with E-state index in [1.54, 1.807) is 0 Å². The minimum absolute atomic E-state index is 0.194. The molecule has 55 valence electrons. The van der Waals surface area contributed by atoms with Gasteiger partial charge in [-0.25, -0.2) is 0 Å². The van der Waals surface area contributed by atoms with E-state index >= 15 is 0 Å². The average molecular weight is 161 g/mol. The molecule has 0 unspecified atom stereocenters. The van der Waals surface area contributed by atoms with Crippen LogP contribution in [-0.2, 0) is 4.12 Å². The Morgan fingerprint density at radius 3 is 2.33 bits per heavy atom. The summed E-state index contributed by atoms with van der Waals surface area (Å²) in [5, 5.41) is 0. The molecular formula is C6H17OSi2. The lowest BCUT2D eigenvalue weighted by Gasteiger charge is -2.16. The fourth-order valence-electron chi connectivity index (χ4n) is 0.480. The SMILES string of the molecule is [CH2]CC[SiH2]O[Si](C)(C)C. The Morgan fingerprint density at radius 2 is 2.00 bits per heavy atom. The Hall–Kier alpha value is 0.394. The quantitative estimate of drug-likeness (QED) is 0.449. The van der Waals surface area contributed by atoms with Crippen LogP contribution < -0.4 is 0 Å². The highest BCUT2D eigenvalue weighted by atomic mass is 28.4. The van der Waals surface area contributed by atoms with E-state index in [-0.39, 0.29) is 9.76 Å². The summed E-state index contributed by atoms with van der Waals surface area (Å²) in [7, 11) is -1.35. The molecule has 0 aliphatic rings. The third kappa shape index (κ3) is 8.39. The molecule has 1 nitrogen and oxygen atoms in total. The van der Waals surface area contributed by atoms with E-state index in [0.717, 1.165) is 6.42 Å². The fraction of sp³-hybridized carbons (Fsp3) is 0.833. The molecule has 3 heteroatoms. The number of hydrogen-bond donors (Lipinski definition) is 0. The van der Waals surface area contributed by atoms with Crippen LogP contribution in [0.25, 0.3) is 0 Å². The molecule has 1 radical (unpaired) electrons. The van der Waals surface area contributed by atoms with Crippen molar-refractivity contribution in [1.82, 2.24) is 0 Å². The van der Waals surface area contributed by atoms with Crippen LogP contribution >= 0.6 is 0 Å². The van der Waals surface area contributed by atoms with E-state index in [1.807, 2.05) is 0 Å². The van der Waals surface area contributed by atoms with Crippen molar-refractivity contribution in [1.29, 1.82) is 0 Å². The van der Waals surface area contributed by atoms with Gasteiger partial charge < -0.3 is 4.12 Å². The van der Waals surface area contributed by atoms with Crippen molar-refractivity contribution >= 4 is 18.1 Å². The maximum absolute atomic E-state index is 5.71. The molecule has 0 atom stereocenters. The molecule has 0 bridgehead atoms. The van der Waals surface area contributed by atoms with Crippen LogP contribution in [0.1, 0.15) is 6.42 Å². The third-order valence-corrected chi connectivity index (χ3v) is 6.00. The van der Waals surface area contributed by atoms with Crippen LogP contribution in [0, 0.1) is 6.92 Å². The summed E-state index contributed by atoms with van der Waals surface area (Å²) in [6.45, 7) is 10.5. The van der Waals surface area contributed by atoms with E-state index in [0.29, 0.717) is 0 Å². The Bertz CT molecular complexity index is 67.9. The van der Waals surface area contributed by atoms with E-state index in [9.17, 15) is 0 Å². The molecule has 0 aliphatic heterocycles. The second kappa shape index (κ2) is 4.25. The second-order valence-electron chi connectivity index (χ2n) is 3.17. The molecule has 0 heterocycles. The zero-order valence-corrected chi connectivity index (χ0v) is 9.15. The highest BCUT2D eigenvalue weighted by Crippen LogP contribution is 2.02. The Kier molecular flexibility index (Phi) is 4.43. The lowest BCUT2D eigenvalue weighted by molar-refractivity contribution is 0.594. The Morgan fingerprint density at radius 1 is 1.44 bits per heavy atom. The van der Waals surface area contributed by atoms with Gasteiger partial charge in [0.1, 0.15) is 9.76 Å². The molecule has 0 rings (SSSR count). The minimum atomic E-state index is -1.16. The first-order chi connectivity index (χ1) is 4.06. The monoisotopic (exact) mass is 161 g/mol. The van der Waals surface area contributed by atoms with Crippen molar-refractivity contribution in [3.05, 3.63) is 6.92 Å². The van der Waals surface area contributed by atoms with E-state index in [2.05, 4.69) is 26.6 Å². The highest BCUT2D eigenvalue weighted by Gasteiger charge is 2.11. The standard InChI is InChI=1S/C6H17OSi2/c1-5-6-8-7-9(2,3)4/h1,5-6,8H2,2-4H3. The normalized spacial score (nSPS) is 13.3. The van der Waals surface area contributed by atoms with Crippen molar-refractivity contribution in [2.45, 2.75) is 32.1 Å². The Balaban J connectivity index is 3.07. The van der Waals surface area contributed by atoms with Gasteiger partial charge in [0.25, 0.3) is 0 Å². The molecule has 0 aromatic rings. The van der Waals surface area contributed by atoms with Gasteiger partial charge in [0.05, 0.1) is 0 Å². The van der Waals surface area contributed by atoms with E-state index in [4.69, 9.17) is 4.12 Å². The van der Waals surface area contributed by atoms with Gasteiger partial charge in [-0.3, -0.25) is 0 Å². The maximum atomic E-state index is 5.71. The molecule has 0 aromatic carbocycles. The summed E-state index contributed by atoms with van der Waals surface area (Å²) in [4.78, 5) is 0. The summed E-state index contributed by atoms with van der Waals surface area (Å²) in [6, 6.07) is 1.24. The van der Waals surface area contributed by atoms with Crippen LogP contribution in [0.4, 0.5) is 0 Å². The third-order valence-electron chi connectivity index (χ3n) is 0.929. The minimum Gasteiger partial charge on any atom is -0.461 e. The largest absolute Gasteiger partial charge is 0.461 e. The van der Waals surface area contributed by atoms with Crippen molar-refractivity contribution in [3.8, 4) is 0 Å². The molecular weight excluding hydrogens is 144 g/mol. The zero-order chi connectivity index (χ0) is 7.33. The molecule has 0 aromatic heterocycles. The summed E-state index contributed by atoms with van der Waals surface area (Å²) < 4.78 is 5.71. The van der Waals surface area contributed by atoms with Gasteiger partial charge in [-0.15, -0.1) is 0 Å². The first-order valence-electron chi connectivity index (χ1n) is 3.49. The Labute approximate surface area is 61.9 Å². The highest BCUT2D eigenvalue weighted by molar-refractivity contribution is 6.73. The van der Waals surface area contributed by atoms with Crippen molar-refractivity contribution in [2.75, 3.05) is 0 Å². The van der Waals surface area contributed by atoms with Gasteiger partial charge in [0.15, 0.2) is 8.32 Å². The molecule has 0 saturated heterocycles. The molecule has 9 heavy (non-hydrogen) atoms. The summed E-state index contributed by atoms with van der Waals surface area (Å²) >= 11 is 0. The van der Waals surface area contributed by atoms with E-state index in [1.165, 1.54) is 6.04 Å². The van der Waals surface area contributed by atoms with Gasteiger partial charge in [0, 0.05) is 0 Å². The predicted octanol–water partition coefficient (Wildman–Crippen LogP) is 1.56. The summed E-state index contributed by atoms with van der Waals surface area (Å²) in [5.41, 5.74) is 0. The lowest BCUT2D eigenvalue weighted by atomic mass is 10.6. The lowest BCUT2D eigenvalue weighted by Crippen LogP contribution is -2.27. The maximum Gasteiger partial charge on any atom is 0.169 e. The van der Waals surface area contributed by atoms with Crippen molar-refractivity contribution in [2.24, 2.45) is 0 Å². The molecule has 0 amide bonds. The summed E-state index contributed by atoms with van der Waals surface area (Å²) in [6.07, 6.45) is 1.05. The van der Waals surface area contributed by atoms with Crippen LogP contribution in [0.2, 0.25) is 25.7 Å². The molecule has 0 N–H and O–H groups in total. The van der Waals surface area contributed by atoms with Gasteiger partial charge >= 0.3 is 0 Å². The summed E-state index contributed by atoms with van der Waals surface area (Å²) in [5.74, 6) is 0. The van der Waals surface area contributed by atoms with Crippen LogP contribution in [0.3, 0.4) is 0 Å². The molecule has 0 spiro atoms. The topological polar surface area (TPSA) is 9.23 Å². The smallest absolute Gasteiger partial charge is 0.169 e. The molecule has 0 aliphatic carbocycles. The number of rotatable bonds is 4. The first-order valence-corrected chi connectivity index (χ1v) is 8.48. The first kappa shape index (κ1) is 9.39. The van der Waals surface area contributed by atoms with Crippen LogP contribution in [0.5, 0.6) is 0 Å². The zero-order valence-electron chi connectivity index (χ0n) is 6.74. The molecule has 0 fully saturated rings. The van der Waals surface area contributed by atoms with Crippen molar-refractivity contribution in [3.63, 3.8) is 0 Å². The van der Waals surface area contributed by atoms with E-state index < -0.39 is 8.32 Å². The van der Waals surface area contributed by atoms with Gasteiger partial charge in [-0.05, 0) is 25.7 Å². The van der Waals surface area contributed by atoms with Crippen LogP contribution in [0.15, 0.2) is 0 Å². The number of hydrogen-bond acceptors (Lipinski definition) is 1. The average Bonchev–Trinajstić information content (AvgIpc) is 1.63. The van der Waals surface area contributed by atoms with Crippen molar-refractivity contribution < 1.29 is 4.12 Å². The van der Waals surface area contributed by atoms with Gasteiger partial charge in [-0.1, -0.05) is 13.3 Å². The predicted molar refractivity (Wildman–Crippen MR) is 47.8 cm³/mol. The molecule has 0 saturated carbocycles. The fourth-order valence-corrected chi connectivity index (χ4v) is 3.71. The van der Waals surface area contributed by atoms with Gasteiger partial charge in [-0.2, -0.15) is 0 Å². The van der Waals surface area contributed by atoms with Crippen LogP contribution in [-0.4, -0.2) is 18.1 Å². The van der Waals surface area contributed by atoms with Gasteiger partial charge in [0.2, 0.25) is 0 Å².